The van der Waals surface area contributed by atoms with Crippen molar-refractivity contribution in [1.29, 1.82) is 0 Å². The van der Waals surface area contributed by atoms with Crippen molar-refractivity contribution in [2.75, 3.05) is 24.4 Å². The highest BCUT2D eigenvalue weighted by Gasteiger charge is 2.33. The highest BCUT2D eigenvalue weighted by atomic mass is 35.5. The maximum Gasteiger partial charge on any atom is 0.239 e. The van der Waals surface area contributed by atoms with Crippen LogP contribution in [-0.4, -0.2) is 30.8 Å². The molecule has 1 aliphatic rings. The summed E-state index contributed by atoms with van der Waals surface area (Å²) in [4.78, 5) is 25.5. The van der Waals surface area contributed by atoms with Crippen molar-refractivity contribution in [2.24, 2.45) is 11.8 Å². The molecule has 0 spiro atoms. The number of halogens is 1. The van der Waals surface area contributed by atoms with Gasteiger partial charge in [0.15, 0.2) is 0 Å². The third kappa shape index (κ3) is 4.93. The number of hydrogen-bond donors (Lipinski definition) is 1. The van der Waals surface area contributed by atoms with E-state index in [9.17, 15) is 9.59 Å². The molecule has 0 saturated heterocycles. The minimum atomic E-state index is -0.339. The second-order valence-electron chi connectivity index (χ2n) is 8.47. The largest absolute Gasteiger partial charge is 0.493 e. The number of nitrogens with one attached hydrogen (secondary N) is 1. The van der Waals surface area contributed by atoms with E-state index < -0.39 is 0 Å². The molecule has 0 aromatic heterocycles. The van der Waals surface area contributed by atoms with Gasteiger partial charge < -0.3 is 14.8 Å². The Morgan fingerprint density at radius 3 is 2.23 bits per heavy atom. The van der Waals surface area contributed by atoms with Gasteiger partial charge in [-0.05, 0) is 40.7 Å². The summed E-state index contributed by atoms with van der Waals surface area (Å²) in [5.74, 6) is 0.848. The van der Waals surface area contributed by atoms with Gasteiger partial charge in [0.25, 0.3) is 0 Å². The average molecular weight is 442 g/mol. The molecule has 0 aliphatic heterocycles. The van der Waals surface area contributed by atoms with E-state index in [1.807, 2.05) is 26.0 Å². The summed E-state index contributed by atoms with van der Waals surface area (Å²) in [5.41, 5.74) is 3.46. The van der Waals surface area contributed by atoms with E-state index in [1.165, 1.54) is 0 Å². The first-order valence-electron chi connectivity index (χ1n) is 10.4. The SMILES string of the molecule is C=C1c2cccc(OCC(C)C)c2C(=O)c2c(OCC(C)C)cc(NC(=O)CCl)cc21. The Kier molecular flexibility index (Phi) is 7.06. The minimum Gasteiger partial charge on any atom is -0.493 e. The van der Waals surface area contributed by atoms with E-state index in [0.717, 1.165) is 5.56 Å². The van der Waals surface area contributed by atoms with Crippen LogP contribution in [0.2, 0.25) is 0 Å². The van der Waals surface area contributed by atoms with Crippen molar-refractivity contribution in [3.05, 3.63) is 59.2 Å². The number of ether oxygens (including phenoxy) is 2. The molecule has 164 valence electrons. The maximum absolute atomic E-state index is 13.7. The molecule has 0 radical (unpaired) electrons. The van der Waals surface area contributed by atoms with E-state index in [2.05, 4.69) is 25.7 Å². The maximum atomic E-state index is 13.7. The van der Waals surface area contributed by atoms with Crippen LogP contribution in [0.4, 0.5) is 5.69 Å². The lowest BCUT2D eigenvalue weighted by atomic mass is 9.81. The van der Waals surface area contributed by atoms with Gasteiger partial charge in [-0.25, -0.2) is 0 Å². The molecule has 1 amide bonds. The highest BCUT2D eigenvalue weighted by molar-refractivity contribution is 6.29. The smallest absolute Gasteiger partial charge is 0.239 e. The van der Waals surface area contributed by atoms with Crippen LogP contribution >= 0.6 is 11.6 Å². The number of hydrogen-bond acceptors (Lipinski definition) is 4. The van der Waals surface area contributed by atoms with Crippen LogP contribution in [0.3, 0.4) is 0 Å². The summed E-state index contributed by atoms with van der Waals surface area (Å²) in [6, 6.07) is 8.93. The Labute approximate surface area is 188 Å². The summed E-state index contributed by atoms with van der Waals surface area (Å²) in [6.45, 7) is 13.3. The van der Waals surface area contributed by atoms with Crippen molar-refractivity contribution < 1.29 is 19.1 Å². The molecule has 2 aromatic rings. The topological polar surface area (TPSA) is 64.6 Å². The molecule has 0 unspecified atom stereocenters. The third-order valence-electron chi connectivity index (χ3n) is 4.78. The molecule has 1 aliphatic carbocycles. The molecule has 0 saturated carbocycles. The molecule has 0 atom stereocenters. The zero-order valence-electron chi connectivity index (χ0n) is 18.4. The van der Waals surface area contributed by atoms with Crippen LogP contribution in [0.15, 0.2) is 36.9 Å². The Balaban J connectivity index is 2.13. The molecule has 0 fully saturated rings. The number of fused-ring (bicyclic) bond motifs is 2. The van der Waals surface area contributed by atoms with Crippen LogP contribution in [0.5, 0.6) is 11.5 Å². The number of carbonyl (C=O) groups is 2. The van der Waals surface area contributed by atoms with Gasteiger partial charge in [0.1, 0.15) is 17.4 Å². The van der Waals surface area contributed by atoms with Crippen LogP contribution in [0, 0.1) is 11.8 Å². The second-order valence-corrected chi connectivity index (χ2v) is 8.74. The fourth-order valence-electron chi connectivity index (χ4n) is 3.39. The standard InChI is InChI=1S/C25H28ClNO4/c1-14(2)12-30-20-8-6-7-18-16(5)19-9-17(27-22(28)11-26)10-21(31-13-15(3)4)24(19)25(29)23(18)20/h6-10,14-15H,5,11-13H2,1-4H3,(H,27,28). The molecule has 5 nitrogen and oxygen atoms in total. The molecule has 0 heterocycles. The number of carbonyl (C=O) groups excluding carboxylic acids is 2. The number of amides is 1. The first kappa shape index (κ1) is 22.9. The lowest BCUT2D eigenvalue weighted by molar-refractivity contribution is -0.113. The molecule has 2 aromatic carbocycles. The predicted octanol–water partition coefficient (Wildman–Crippen LogP) is 5.54. The van der Waals surface area contributed by atoms with Gasteiger partial charge in [-0.1, -0.05) is 46.4 Å². The van der Waals surface area contributed by atoms with Crippen molar-refractivity contribution in [3.63, 3.8) is 0 Å². The molecule has 6 heteroatoms. The Hall–Kier alpha value is -2.79. The lowest BCUT2D eigenvalue weighted by Crippen LogP contribution is -2.20. The molecule has 3 rings (SSSR count). The summed E-state index contributed by atoms with van der Waals surface area (Å²) < 4.78 is 12.0. The zero-order valence-corrected chi connectivity index (χ0v) is 19.1. The summed E-state index contributed by atoms with van der Waals surface area (Å²) in [7, 11) is 0. The van der Waals surface area contributed by atoms with Crippen molar-refractivity contribution >= 4 is 34.6 Å². The fraction of sp³-hybridized carbons (Fsp3) is 0.360. The van der Waals surface area contributed by atoms with Gasteiger partial charge in [0, 0.05) is 11.8 Å². The van der Waals surface area contributed by atoms with E-state index >= 15 is 0 Å². The third-order valence-corrected chi connectivity index (χ3v) is 5.02. The van der Waals surface area contributed by atoms with Crippen LogP contribution in [0.1, 0.15) is 54.7 Å². The van der Waals surface area contributed by atoms with Gasteiger partial charge in [0.2, 0.25) is 11.7 Å². The molecular formula is C25H28ClNO4. The number of benzene rings is 2. The van der Waals surface area contributed by atoms with E-state index in [1.54, 1.807) is 18.2 Å². The Morgan fingerprint density at radius 1 is 1.00 bits per heavy atom. The summed E-state index contributed by atoms with van der Waals surface area (Å²) >= 11 is 5.65. The van der Waals surface area contributed by atoms with Crippen molar-refractivity contribution in [1.82, 2.24) is 0 Å². The summed E-state index contributed by atoms with van der Waals surface area (Å²) in [6.07, 6.45) is 0. The van der Waals surface area contributed by atoms with Gasteiger partial charge in [-0.2, -0.15) is 0 Å². The first-order valence-corrected chi connectivity index (χ1v) is 10.9. The molecule has 0 bridgehead atoms. The predicted molar refractivity (Wildman–Crippen MR) is 124 cm³/mol. The van der Waals surface area contributed by atoms with Gasteiger partial charge in [0.05, 0.1) is 24.3 Å². The van der Waals surface area contributed by atoms with E-state index in [-0.39, 0.29) is 23.5 Å². The minimum absolute atomic E-state index is 0.168. The second kappa shape index (κ2) is 9.56. The normalized spacial score (nSPS) is 12.6. The quantitative estimate of drug-likeness (QED) is 0.466. The first-order chi connectivity index (χ1) is 14.7. The summed E-state index contributed by atoms with van der Waals surface area (Å²) in [5, 5.41) is 2.75. The zero-order chi connectivity index (χ0) is 22.7. The lowest BCUT2D eigenvalue weighted by Gasteiger charge is -2.26. The van der Waals surface area contributed by atoms with Crippen molar-refractivity contribution in [2.45, 2.75) is 27.7 Å². The van der Waals surface area contributed by atoms with Gasteiger partial charge in [-0.3, -0.25) is 9.59 Å². The number of alkyl halides is 1. The number of ketones is 1. The van der Waals surface area contributed by atoms with Crippen LogP contribution in [0.25, 0.3) is 5.57 Å². The fourth-order valence-corrected chi connectivity index (χ4v) is 3.45. The van der Waals surface area contributed by atoms with Crippen molar-refractivity contribution in [3.8, 4) is 11.5 Å². The Morgan fingerprint density at radius 2 is 1.61 bits per heavy atom. The monoisotopic (exact) mass is 441 g/mol. The number of rotatable bonds is 8. The van der Waals surface area contributed by atoms with Crippen LogP contribution < -0.4 is 14.8 Å². The molecule has 31 heavy (non-hydrogen) atoms. The number of anilines is 1. The van der Waals surface area contributed by atoms with E-state index in [4.69, 9.17) is 21.1 Å². The Bertz CT molecular complexity index is 1030. The van der Waals surface area contributed by atoms with Gasteiger partial charge in [-0.15, -0.1) is 11.6 Å². The van der Waals surface area contributed by atoms with Gasteiger partial charge >= 0.3 is 0 Å². The van der Waals surface area contributed by atoms with E-state index in [0.29, 0.717) is 58.6 Å². The highest BCUT2D eigenvalue weighted by Crippen LogP contribution is 2.44. The van der Waals surface area contributed by atoms with Crippen LogP contribution in [-0.2, 0) is 4.79 Å². The average Bonchev–Trinajstić information content (AvgIpc) is 2.73. The molecule has 1 N–H and O–H groups in total. The molecular weight excluding hydrogens is 414 g/mol.